The van der Waals surface area contributed by atoms with Crippen molar-refractivity contribution in [3.63, 3.8) is 0 Å². The van der Waals surface area contributed by atoms with E-state index in [4.69, 9.17) is 5.84 Å². The topological polar surface area (TPSA) is 80.0 Å². The van der Waals surface area contributed by atoms with Crippen molar-refractivity contribution in [3.05, 3.63) is 23.4 Å². The first kappa shape index (κ1) is 13.4. The van der Waals surface area contributed by atoms with Crippen LogP contribution in [0.2, 0.25) is 0 Å². The van der Waals surface area contributed by atoms with Crippen LogP contribution >= 0.6 is 0 Å². The van der Waals surface area contributed by atoms with Gasteiger partial charge in [-0.3, -0.25) is 4.79 Å². The fourth-order valence-corrected chi connectivity index (χ4v) is 1.39. The van der Waals surface area contributed by atoms with Crippen LogP contribution in [0.4, 0.5) is 5.82 Å². The molecule has 0 atom stereocenters. The lowest BCUT2D eigenvalue weighted by atomic mass is 10.1. The van der Waals surface area contributed by atoms with Gasteiger partial charge < -0.3 is 10.7 Å². The zero-order valence-electron chi connectivity index (χ0n) is 10.8. The first-order chi connectivity index (χ1) is 7.85. The molecule has 0 radical (unpaired) electrons. The fraction of sp³-hybridized carbons (Fsp3) is 0.500. The largest absolute Gasteiger partial charge is 0.347 e. The standard InChI is InChI=1S/C12H20N4O/c1-5-9-6-8(7-10(14-9)16-13)11(17)15-12(2,3)4/h6-7H,5,13H2,1-4H3,(H,14,16)(H,15,17). The van der Waals surface area contributed by atoms with Crippen LogP contribution in [0.5, 0.6) is 0 Å². The van der Waals surface area contributed by atoms with E-state index in [2.05, 4.69) is 15.7 Å². The molecule has 0 saturated heterocycles. The van der Waals surface area contributed by atoms with Gasteiger partial charge in [-0.15, -0.1) is 0 Å². The van der Waals surface area contributed by atoms with Crippen LogP contribution in [0.15, 0.2) is 12.1 Å². The van der Waals surface area contributed by atoms with Gasteiger partial charge in [-0.1, -0.05) is 6.92 Å². The predicted octanol–water partition coefficient (Wildman–Crippen LogP) is 1.46. The number of anilines is 1. The second kappa shape index (κ2) is 5.14. The van der Waals surface area contributed by atoms with E-state index < -0.39 is 0 Å². The van der Waals surface area contributed by atoms with Gasteiger partial charge in [-0.25, -0.2) is 10.8 Å². The number of aromatic nitrogens is 1. The van der Waals surface area contributed by atoms with Crippen molar-refractivity contribution in [2.24, 2.45) is 5.84 Å². The van der Waals surface area contributed by atoms with Crippen molar-refractivity contribution in [1.29, 1.82) is 0 Å². The Labute approximate surface area is 102 Å². The Bertz CT molecular complexity index is 387. The molecule has 0 saturated carbocycles. The van der Waals surface area contributed by atoms with Crippen LogP contribution in [-0.4, -0.2) is 16.4 Å². The summed E-state index contributed by atoms with van der Waals surface area (Å²) in [6.45, 7) is 7.80. The third-order valence-corrected chi connectivity index (χ3v) is 2.14. The number of nitrogen functional groups attached to an aromatic ring is 1. The zero-order valence-corrected chi connectivity index (χ0v) is 10.8. The summed E-state index contributed by atoms with van der Waals surface area (Å²) >= 11 is 0. The molecule has 1 rings (SSSR count). The number of nitrogens with one attached hydrogen (secondary N) is 2. The van der Waals surface area contributed by atoms with E-state index in [1.165, 1.54) is 0 Å². The third-order valence-electron chi connectivity index (χ3n) is 2.14. The molecule has 1 aromatic rings. The number of carbonyl (C=O) groups is 1. The van der Waals surface area contributed by atoms with Crippen molar-refractivity contribution < 1.29 is 4.79 Å². The minimum atomic E-state index is -0.261. The molecular weight excluding hydrogens is 216 g/mol. The maximum atomic E-state index is 12.0. The molecule has 4 N–H and O–H groups in total. The SMILES string of the molecule is CCc1cc(C(=O)NC(C)(C)C)cc(NN)n1. The molecule has 0 fully saturated rings. The van der Waals surface area contributed by atoms with Crippen LogP contribution in [0.3, 0.4) is 0 Å². The van der Waals surface area contributed by atoms with E-state index >= 15 is 0 Å². The van der Waals surface area contributed by atoms with E-state index in [0.29, 0.717) is 11.4 Å². The van der Waals surface area contributed by atoms with Gasteiger partial charge in [-0.2, -0.15) is 0 Å². The second-order valence-electron chi connectivity index (χ2n) is 4.93. The third kappa shape index (κ3) is 4.03. The monoisotopic (exact) mass is 236 g/mol. The number of nitrogens with zero attached hydrogens (tertiary/aromatic N) is 1. The predicted molar refractivity (Wildman–Crippen MR) is 68.6 cm³/mol. The highest BCUT2D eigenvalue weighted by atomic mass is 16.1. The number of nitrogens with two attached hydrogens (primary N) is 1. The van der Waals surface area contributed by atoms with Crippen LogP contribution in [0.1, 0.15) is 43.7 Å². The fourth-order valence-electron chi connectivity index (χ4n) is 1.39. The first-order valence-corrected chi connectivity index (χ1v) is 5.66. The molecule has 1 aromatic heterocycles. The maximum absolute atomic E-state index is 12.0. The summed E-state index contributed by atoms with van der Waals surface area (Å²) in [4.78, 5) is 16.2. The second-order valence-corrected chi connectivity index (χ2v) is 4.93. The number of hydrogen-bond donors (Lipinski definition) is 3. The average Bonchev–Trinajstić information content (AvgIpc) is 2.26. The van der Waals surface area contributed by atoms with Crippen LogP contribution < -0.4 is 16.6 Å². The number of aryl methyl sites for hydroxylation is 1. The van der Waals surface area contributed by atoms with Crippen molar-refractivity contribution in [2.75, 3.05) is 5.43 Å². The van der Waals surface area contributed by atoms with Gasteiger partial charge in [0.05, 0.1) is 0 Å². The van der Waals surface area contributed by atoms with E-state index in [1.54, 1.807) is 12.1 Å². The van der Waals surface area contributed by atoms with Crippen molar-refractivity contribution >= 4 is 11.7 Å². The van der Waals surface area contributed by atoms with E-state index in [1.807, 2.05) is 27.7 Å². The molecule has 0 aliphatic heterocycles. The molecule has 0 aliphatic rings. The van der Waals surface area contributed by atoms with Gasteiger partial charge in [0.1, 0.15) is 5.82 Å². The van der Waals surface area contributed by atoms with Gasteiger partial charge in [0.2, 0.25) is 0 Å². The quantitative estimate of drug-likeness (QED) is 0.548. The highest BCUT2D eigenvalue weighted by molar-refractivity contribution is 5.95. The van der Waals surface area contributed by atoms with Gasteiger partial charge in [0.25, 0.3) is 5.91 Å². The zero-order chi connectivity index (χ0) is 13.1. The molecule has 1 amide bonds. The molecule has 5 heteroatoms. The van der Waals surface area contributed by atoms with Crippen LogP contribution in [0.25, 0.3) is 0 Å². The van der Waals surface area contributed by atoms with Crippen LogP contribution in [-0.2, 0) is 6.42 Å². The Balaban J connectivity index is 3.00. The van der Waals surface area contributed by atoms with E-state index in [-0.39, 0.29) is 11.4 Å². The number of amides is 1. The number of pyridine rings is 1. The highest BCUT2D eigenvalue weighted by Crippen LogP contribution is 2.11. The lowest BCUT2D eigenvalue weighted by Crippen LogP contribution is -2.40. The average molecular weight is 236 g/mol. The molecule has 0 unspecified atom stereocenters. The molecule has 94 valence electrons. The number of hydrazine groups is 1. The molecule has 0 aliphatic carbocycles. The summed E-state index contributed by atoms with van der Waals surface area (Å²) in [6, 6.07) is 3.42. The minimum Gasteiger partial charge on any atom is -0.347 e. The van der Waals surface area contributed by atoms with Gasteiger partial charge in [0, 0.05) is 16.8 Å². The van der Waals surface area contributed by atoms with Gasteiger partial charge in [0.15, 0.2) is 0 Å². The molecule has 5 nitrogen and oxygen atoms in total. The van der Waals surface area contributed by atoms with E-state index in [9.17, 15) is 4.79 Å². The summed E-state index contributed by atoms with van der Waals surface area (Å²) in [5.74, 6) is 5.71. The normalized spacial score (nSPS) is 11.1. The molecule has 1 heterocycles. The Hall–Kier alpha value is -1.62. The molecule has 17 heavy (non-hydrogen) atoms. The van der Waals surface area contributed by atoms with Crippen LogP contribution in [0, 0.1) is 0 Å². The summed E-state index contributed by atoms with van der Waals surface area (Å²) in [6.07, 6.45) is 0.755. The Kier molecular flexibility index (Phi) is 4.07. The number of rotatable bonds is 3. The first-order valence-electron chi connectivity index (χ1n) is 5.66. The van der Waals surface area contributed by atoms with Crippen molar-refractivity contribution in [2.45, 2.75) is 39.7 Å². The molecule has 0 bridgehead atoms. The molecule has 0 spiro atoms. The van der Waals surface area contributed by atoms with Crippen molar-refractivity contribution in [1.82, 2.24) is 10.3 Å². The summed E-state index contributed by atoms with van der Waals surface area (Å²) in [5.41, 5.74) is 3.61. The Morgan fingerprint density at radius 2 is 2.06 bits per heavy atom. The maximum Gasteiger partial charge on any atom is 0.251 e. The molecule has 0 aromatic carbocycles. The van der Waals surface area contributed by atoms with Crippen molar-refractivity contribution in [3.8, 4) is 0 Å². The summed E-state index contributed by atoms with van der Waals surface area (Å²) < 4.78 is 0. The van der Waals surface area contributed by atoms with Gasteiger partial charge in [-0.05, 0) is 39.3 Å². The lowest BCUT2D eigenvalue weighted by molar-refractivity contribution is 0.0919. The molecular formula is C12H20N4O. The highest BCUT2D eigenvalue weighted by Gasteiger charge is 2.16. The number of hydrogen-bond acceptors (Lipinski definition) is 4. The smallest absolute Gasteiger partial charge is 0.251 e. The summed E-state index contributed by atoms with van der Waals surface area (Å²) in [7, 11) is 0. The van der Waals surface area contributed by atoms with Gasteiger partial charge >= 0.3 is 0 Å². The number of carbonyl (C=O) groups excluding carboxylic acids is 1. The lowest BCUT2D eigenvalue weighted by Gasteiger charge is -2.20. The van der Waals surface area contributed by atoms with E-state index in [0.717, 1.165) is 12.1 Å². The Morgan fingerprint density at radius 3 is 2.53 bits per heavy atom. The minimum absolute atomic E-state index is 0.119. The Morgan fingerprint density at radius 1 is 1.41 bits per heavy atom. The summed E-state index contributed by atoms with van der Waals surface area (Å²) in [5, 5.41) is 2.90.